The monoisotopic (exact) mass is 245 g/mol. The minimum Gasteiger partial charge on any atom is -0.481 e. The summed E-state index contributed by atoms with van der Waals surface area (Å²) in [5.41, 5.74) is 0. The Hall–Kier alpha value is -1.79. The molecule has 0 heterocycles. The molecule has 0 saturated heterocycles. The predicted octanol–water partition coefficient (Wildman–Crippen LogP) is -0.323. The van der Waals surface area contributed by atoms with E-state index in [-0.39, 0.29) is 31.8 Å². The molecule has 0 aromatic rings. The second-order valence-electron chi connectivity index (χ2n) is 3.43. The third-order valence-electron chi connectivity index (χ3n) is 1.83. The summed E-state index contributed by atoms with van der Waals surface area (Å²) < 4.78 is 0. The summed E-state index contributed by atoms with van der Waals surface area (Å²) in [6.45, 7) is 2.88. The topological polar surface area (TPSA) is 108 Å². The first-order valence-corrected chi connectivity index (χ1v) is 5.56. The minimum absolute atomic E-state index is 0.0726. The molecule has 4 N–H and O–H groups in total. The molecule has 0 aromatic heterocycles. The summed E-state index contributed by atoms with van der Waals surface area (Å²) in [5.74, 6) is -1.08. The van der Waals surface area contributed by atoms with Gasteiger partial charge in [-0.05, 0) is 6.42 Å². The zero-order chi connectivity index (χ0) is 13.1. The summed E-state index contributed by atoms with van der Waals surface area (Å²) >= 11 is 0. The van der Waals surface area contributed by atoms with Crippen LogP contribution in [0.15, 0.2) is 0 Å². The van der Waals surface area contributed by atoms with Gasteiger partial charge in [-0.2, -0.15) is 0 Å². The average molecular weight is 245 g/mol. The molecule has 0 aliphatic heterocycles. The van der Waals surface area contributed by atoms with Crippen LogP contribution in [0.3, 0.4) is 0 Å². The van der Waals surface area contributed by atoms with Crippen LogP contribution < -0.4 is 16.0 Å². The molecular weight excluding hydrogens is 226 g/mol. The summed E-state index contributed by atoms with van der Waals surface area (Å²) in [6, 6.07) is -0.463. The van der Waals surface area contributed by atoms with Gasteiger partial charge in [0.15, 0.2) is 0 Å². The molecule has 7 nitrogen and oxygen atoms in total. The van der Waals surface area contributed by atoms with Gasteiger partial charge < -0.3 is 21.1 Å². The van der Waals surface area contributed by atoms with Crippen molar-refractivity contribution in [2.24, 2.45) is 0 Å². The van der Waals surface area contributed by atoms with E-state index >= 15 is 0 Å². The fraction of sp³-hybridized carbons (Fsp3) is 0.700. The molecule has 0 aliphatic carbocycles. The molecule has 0 atom stereocenters. The molecule has 0 aliphatic rings. The van der Waals surface area contributed by atoms with Gasteiger partial charge in [-0.1, -0.05) is 6.92 Å². The molecule has 3 amide bonds. The van der Waals surface area contributed by atoms with E-state index in [0.717, 1.165) is 6.42 Å². The molecule has 0 radical (unpaired) electrons. The van der Waals surface area contributed by atoms with Crippen LogP contribution in [0, 0.1) is 0 Å². The summed E-state index contributed by atoms with van der Waals surface area (Å²) in [6.07, 6.45) is 0.964. The average Bonchev–Trinajstić information content (AvgIpc) is 2.25. The normalized spacial score (nSPS) is 9.47. The van der Waals surface area contributed by atoms with Crippen LogP contribution in [0.4, 0.5) is 4.79 Å². The predicted molar refractivity (Wildman–Crippen MR) is 61.6 cm³/mol. The van der Waals surface area contributed by atoms with Crippen LogP contribution in [0.1, 0.15) is 26.2 Å². The number of urea groups is 1. The van der Waals surface area contributed by atoms with Crippen LogP contribution in [0.5, 0.6) is 0 Å². The Morgan fingerprint density at radius 2 is 1.53 bits per heavy atom. The number of carboxylic acids is 1. The van der Waals surface area contributed by atoms with E-state index in [9.17, 15) is 14.4 Å². The van der Waals surface area contributed by atoms with Crippen LogP contribution in [-0.4, -0.2) is 42.6 Å². The Labute approximate surface area is 100.0 Å². The first-order chi connectivity index (χ1) is 8.06. The number of aliphatic carboxylic acids is 1. The van der Waals surface area contributed by atoms with Crippen molar-refractivity contribution < 1.29 is 19.5 Å². The maximum atomic E-state index is 11.1. The highest BCUT2D eigenvalue weighted by molar-refractivity contribution is 5.78. The van der Waals surface area contributed by atoms with Crippen molar-refractivity contribution in [3.8, 4) is 0 Å². The van der Waals surface area contributed by atoms with E-state index in [1.165, 1.54) is 0 Å². The lowest BCUT2D eigenvalue weighted by Gasteiger charge is -2.06. The van der Waals surface area contributed by atoms with E-state index in [1.807, 2.05) is 6.92 Å². The van der Waals surface area contributed by atoms with Gasteiger partial charge in [0.1, 0.15) is 0 Å². The van der Waals surface area contributed by atoms with Crippen LogP contribution >= 0.6 is 0 Å². The summed E-state index contributed by atoms with van der Waals surface area (Å²) in [4.78, 5) is 32.4. The van der Waals surface area contributed by atoms with Gasteiger partial charge in [0.2, 0.25) is 5.91 Å². The SMILES string of the molecule is CCCNC(=O)CCNC(=O)NCCC(=O)O. The van der Waals surface area contributed by atoms with E-state index in [2.05, 4.69) is 16.0 Å². The molecule has 0 spiro atoms. The van der Waals surface area contributed by atoms with Crippen molar-refractivity contribution in [1.29, 1.82) is 0 Å². The molecule has 0 rings (SSSR count). The smallest absolute Gasteiger partial charge is 0.314 e. The second kappa shape index (κ2) is 9.44. The first kappa shape index (κ1) is 15.2. The first-order valence-electron chi connectivity index (χ1n) is 5.56. The lowest BCUT2D eigenvalue weighted by atomic mass is 10.4. The molecular formula is C10H19N3O4. The van der Waals surface area contributed by atoms with Gasteiger partial charge >= 0.3 is 12.0 Å². The Morgan fingerprint density at radius 3 is 2.06 bits per heavy atom. The number of amides is 3. The van der Waals surface area contributed by atoms with Crippen LogP contribution in [0.25, 0.3) is 0 Å². The standard InChI is InChI=1S/C10H19N3O4/c1-2-5-11-8(14)3-6-12-10(17)13-7-4-9(15)16/h2-7H2,1H3,(H,11,14)(H,15,16)(H2,12,13,17). The number of hydrogen-bond donors (Lipinski definition) is 4. The van der Waals surface area contributed by atoms with Crippen LogP contribution in [0.2, 0.25) is 0 Å². The van der Waals surface area contributed by atoms with Crippen molar-refractivity contribution in [3.63, 3.8) is 0 Å². The molecule has 0 unspecified atom stereocenters. The largest absolute Gasteiger partial charge is 0.481 e. The number of carbonyl (C=O) groups excluding carboxylic acids is 2. The number of nitrogens with one attached hydrogen (secondary N) is 3. The molecule has 17 heavy (non-hydrogen) atoms. The number of rotatable bonds is 8. The van der Waals surface area contributed by atoms with E-state index in [1.54, 1.807) is 0 Å². The van der Waals surface area contributed by atoms with E-state index in [4.69, 9.17) is 5.11 Å². The third kappa shape index (κ3) is 10.5. The highest BCUT2D eigenvalue weighted by Crippen LogP contribution is 1.80. The van der Waals surface area contributed by atoms with Gasteiger partial charge in [0.25, 0.3) is 0 Å². The molecule has 0 saturated carbocycles. The van der Waals surface area contributed by atoms with E-state index < -0.39 is 12.0 Å². The lowest BCUT2D eigenvalue weighted by Crippen LogP contribution is -2.38. The van der Waals surface area contributed by atoms with Gasteiger partial charge in [-0.25, -0.2) is 4.79 Å². The third-order valence-corrected chi connectivity index (χ3v) is 1.83. The fourth-order valence-corrected chi connectivity index (χ4v) is 0.988. The highest BCUT2D eigenvalue weighted by atomic mass is 16.4. The number of carbonyl (C=O) groups is 3. The van der Waals surface area contributed by atoms with Crippen molar-refractivity contribution in [2.45, 2.75) is 26.2 Å². The Balaban J connectivity index is 3.44. The second-order valence-corrected chi connectivity index (χ2v) is 3.43. The lowest BCUT2D eigenvalue weighted by molar-refractivity contribution is -0.136. The summed E-state index contributed by atoms with van der Waals surface area (Å²) in [5, 5.41) is 15.8. The van der Waals surface area contributed by atoms with Crippen molar-refractivity contribution in [1.82, 2.24) is 16.0 Å². The maximum absolute atomic E-state index is 11.1. The van der Waals surface area contributed by atoms with Crippen molar-refractivity contribution >= 4 is 17.9 Å². The maximum Gasteiger partial charge on any atom is 0.314 e. The quantitative estimate of drug-likeness (QED) is 0.470. The zero-order valence-corrected chi connectivity index (χ0v) is 9.91. The zero-order valence-electron chi connectivity index (χ0n) is 9.91. The molecule has 0 aromatic carbocycles. The molecule has 98 valence electrons. The Morgan fingerprint density at radius 1 is 0.941 bits per heavy atom. The molecule has 0 fully saturated rings. The van der Waals surface area contributed by atoms with Gasteiger partial charge in [-0.15, -0.1) is 0 Å². The molecule has 0 bridgehead atoms. The number of hydrogen-bond acceptors (Lipinski definition) is 3. The van der Waals surface area contributed by atoms with Crippen LogP contribution in [-0.2, 0) is 9.59 Å². The Bertz CT molecular complexity index is 268. The van der Waals surface area contributed by atoms with Gasteiger partial charge in [-0.3, -0.25) is 9.59 Å². The van der Waals surface area contributed by atoms with Gasteiger partial charge in [0.05, 0.1) is 6.42 Å². The fourth-order valence-electron chi connectivity index (χ4n) is 0.988. The number of carboxylic acid groups (broad SMARTS) is 1. The highest BCUT2D eigenvalue weighted by Gasteiger charge is 2.03. The Kier molecular flexibility index (Phi) is 8.44. The van der Waals surface area contributed by atoms with E-state index in [0.29, 0.717) is 6.54 Å². The summed E-state index contributed by atoms with van der Waals surface area (Å²) in [7, 11) is 0. The van der Waals surface area contributed by atoms with Crippen molar-refractivity contribution in [3.05, 3.63) is 0 Å². The van der Waals surface area contributed by atoms with Crippen molar-refractivity contribution in [2.75, 3.05) is 19.6 Å². The minimum atomic E-state index is -0.968. The molecule has 7 heteroatoms. The van der Waals surface area contributed by atoms with Gasteiger partial charge in [0, 0.05) is 26.1 Å².